The van der Waals surface area contributed by atoms with Gasteiger partial charge in [0.05, 0.1) is 12.7 Å². The highest BCUT2D eigenvalue weighted by Crippen LogP contribution is 2.42. The van der Waals surface area contributed by atoms with Crippen molar-refractivity contribution < 1.29 is 23.0 Å². The Morgan fingerprint density at radius 2 is 1.58 bits per heavy atom. The third kappa shape index (κ3) is 6.77. The molecule has 3 aromatic carbocycles. The van der Waals surface area contributed by atoms with Crippen LogP contribution in [0.2, 0.25) is 0 Å². The first-order chi connectivity index (χ1) is 14.7. The van der Waals surface area contributed by atoms with Gasteiger partial charge in [-0.15, -0.1) is 0 Å². The van der Waals surface area contributed by atoms with Gasteiger partial charge >= 0.3 is 6.61 Å². The van der Waals surface area contributed by atoms with Crippen molar-refractivity contribution in [1.82, 2.24) is 0 Å². The number of benzene rings is 3. The molecular weight excluding hydrogens is 466 g/mol. The molecular formula is C25H25BrF2O3. The second kappa shape index (κ2) is 10.2. The van der Waals surface area contributed by atoms with Crippen LogP contribution in [0.1, 0.15) is 38.0 Å². The van der Waals surface area contributed by atoms with Gasteiger partial charge in [-0.05, 0) is 47.4 Å². The van der Waals surface area contributed by atoms with E-state index in [1.54, 1.807) is 12.1 Å². The molecule has 3 aromatic rings. The van der Waals surface area contributed by atoms with Crippen LogP contribution in [0.4, 0.5) is 8.78 Å². The molecule has 0 fully saturated rings. The first-order valence-electron chi connectivity index (χ1n) is 9.90. The molecule has 0 aliphatic carbocycles. The maximum Gasteiger partial charge on any atom is 0.387 e. The monoisotopic (exact) mass is 490 g/mol. The van der Waals surface area contributed by atoms with Crippen molar-refractivity contribution in [2.45, 2.75) is 40.1 Å². The zero-order chi connectivity index (χ0) is 22.4. The third-order valence-electron chi connectivity index (χ3n) is 4.55. The van der Waals surface area contributed by atoms with E-state index >= 15 is 0 Å². The number of rotatable bonds is 8. The van der Waals surface area contributed by atoms with Gasteiger partial charge in [0.2, 0.25) is 0 Å². The average Bonchev–Trinajstić information content (AvgIpc) is 2.69. The van der Waals surface area contributed by atoms with Crippen LogP contribution >= 0.6 is 15.9 Å². The highest BCUT2D eigenvalue weighted by Gasteiger charge is 2.30. The zero-order valence-electron chi connectivity index (χ0n) is 17.6. The fourth-order valence-corrected chi connectivity index (χ4v) is 3.57. The summed E-state index contributed by atoms with van der Waals surface area (Å²) < 4.78 is 43.5. The summed E-state index contributed by atoms with van der Waals surface area (Å²) in [7, 11) is 0. The van der Waals surface area contributed by atoms with E-state index in [2.05, 4.69) is 15.9 Å². The van der Waals surface area contributed by atoms with Crippen molar-refractivity contribution in [2.75, 3.05) is 0 Å². The fraction of sp³-hybridized carbons (Fsp3) is 0.280. The first kappa shape index (κ1) is 23.2. The number of hydrogen-bond acceptors (Lipinski definition) is 3. The van der Waals surface area contributed by atoms with Crippen molar-refractivity contribution in [3.63, 3.8) is 0 Å². The van der Waals surface area contributed by atoms with Crippen LogP contribution in [0.3, 0.4) is 0 Å². The number of para-hydroxylation sites is 1. The SMILES string of the molecule is CC(C)(C)C(OCc1cccc(Oc2ccccc2)c1)c1ccc(Br)cc1OC(F)F. The predicted molar refractivity (Wildman–Crippen MR) is 121 cm³/mol. The smallest absolute Gasteiger partial charge is 0.387 e. The van der Waals surface area contributed by atoms with Gasteiger partial charge in [0, 0.05) is 10.0 Å². The van der Waals surface area contributed by atoms with Gasteiger partial charge in [-0.25, -0.2) is 0 Å². The minimum atomic E-state index is -2.92. The lowest BCUT2D eigenvalue weighted by Gasteiger charge is -2.32. The summed E-state index contributed by atoms with van der Waals surface area (Å²) >= 11 is 3.32. The van der Waals surface area contributed by atoms with Crippen molar-refractivity contribution in [1.29, 1.82) is 0 Å². The second-order valence-electron chi connectivity index (χ2n) is 8.18. The average molecular weight is 491 g/mol. The lowest BCUT2D eigenvalue weighted by molar-refractivity contribution is -0.0601. The van der Waals surface area contributed by atoms with Crippen molar-refractivity contribution >= 4 is 15.9 Å². The molecule has 0 aliphatic heterocycles. The van der Waals surface area contributed by atoms with Crippen LogP contribution in [-0.4, -0.2) is 6.61 Å². The zero-order valence-corrected chi connectivity index (χ0v) is 19.2. The minimum absolute atomic E-state index is 0.102. The molecule has 0 spiro atoms. The lowest BCUT2D eigenvalue weighted by atomic mass is 9.84. The first-order valence-corrected chi connectivity index (χ1v) is 10.7. The molecule has 0 N–H and O–H groups in total. The van der Waals surface area contributed by atoms with Gasteiger partial charge in [0.25, 0.3) is 0 Å². The Morgan fingerprint density at radius 1 is 0.871 bits per heavy atom. The summed E-state index contributed by atoms with van der Waals surface area (Å²) in [6, 6.07) is 22.2. The summed E-state index contributed by atoms with van der Waals surface area (Å²) in [4.78, 5) is 0. The van der Waals surface area contributed by atoms with E-state index in [0.29, 0.717) is 15.8 Å². The molecule has 6 heteroatoms. The molecule has 1 atom stereocenters. The Bertz CT molecular complexity index is 988. The van der Waals surface area contributed by atoms with Gasteiger partial charge < -0.3 is 14.2 Å². The molecule has 0 aromatic heterocycles. The number of ether oxygens (including phenoxy) is 3. The van der Waals surface area contributed by atoms with Crippen LogP contribution in [0.15, 0.2) is 77.3 Å². The highest BCUT2D eigenvalue weighted by atomic mass is 79.9. The number of alkyl halides is 2. The molecule has 31 heavy (non-hydrogen) atoms. The van der Waals surface area contributed by atoms with Crippen LogP contribution in [-0.2, 0) is 11.3 Å². The summed E-state index contributed by atoms with van der Waals surface area (Å²) in [5.41, 5.74) is 1.13. The summed E-state index contributed by atoms with van der Waals surface area (Å²) in [5, 5.41) is 0. The second-order valence-corrected chi connectivity index (χ2v) is 9.10. The maximum absolute atomic E-state index is 13.0. The summed E-state index contributed by atoms with van der Waals surface area (Å²) in [6.45, 7) is 3.38. The normalized spacial score (nSPS) is 12.6. The molecule has 1 unspecified atom stereocenters. The van der Waals surface area contributed by atoms with Crippen LogP contribution in [0.25, 0.3) is 0 Å². The van der Waals surface area contributed by atoms with E-state index in [1.807, 2.05) is 75.4 Å². The Hall–Kier alpha value is -2.44. The Morgan fingerprint density at radius 3 is 2.26 bits per heavy atom. The molecule has 0 aliphatic rings. The molecule has 3 rings (SSSR count). The molecule has 3 nitrogen and oxygen atoms in total. The van der Waals surface area contributed by atoms with Gasteiger partial charge in [0.1, 0.15) is 17.2 Å². The van der Waals surface area contributed by atoms with E-state index in [0.717, 1.165) is 11.3 Å². The predicted octanol–water partition coefficient (Wildman–Crippen LogP) is 8.15. The van der Waals surface area contributed by atoms with Crippen molar-refractivity contribution in [3.05, 3.63) is 88.4 Å². The van der Waals surface area contributed by atoms with Crippen molar-refractivity contribution in [2.24, 2.45) is 5.41 Å². The van der Waals surface area contributed by atoms with E-state index in [9.17, 15) is 8.78 Å². The lowest BCUT2D eigenvalue weighted by Crippen LogP contribution is -2.22. The van der Waals surface area contributed by atoms with Crippen LogP contribution in [0, 0.1) is 5.41 Å². The van der Waals surface area contributed by atoms with Gasteiger partial charge in [0.15, 0.2) is 0 Å². The molecule has 0 saturated carbocycles. The molecule has 164 valence electrons. The largest absolute Gasteiger partial charge is 0.457 e. The minimum Gasteiger partial charge on any atom is -0.457 e. The molecule has 0 bridgehead atoms. The molecule has 0 radical (unpaired) electrons. The maximum atomic E-state index is 13.0. The molecule has 0 amide bonds. The van der Waals surface area contributed by atoms with Gasteiger partial charge in [-0.2, -0.15) is 8.78 Å². The van der Waals surface area contributed by atoms with E-state index in [1.165, 1.54) is 6.07 Å². The Kier molecular flexibility index (Phi) is 7.68. The number of halogens is 3. The van der Waals surface area contributed by atoms with Crippen LogP contribution in [0.5, 0.6) is 17.2 Å². The van der Waals surface area contributed by atoms with E-state index in [-0.39, 0.29) is 17.8 Å². The topological polar surface area (TPSA) is 27.7 Å². The third-order valence-corrected chi connectivity index (χ3v) is 5.05. The quantitative estimate of drug-likeness (QED) is 0.318. The molecule has 0 heterocycles. The van der Waals surface area contributed by atoms with E-state index in [4.69, 9.17) is 14.2 Å². The van der Waals surface area contributed by atoms with Gasteiger partial charge in [-0.3, -0.25) is 0 Å². The fourth-order valence-electron chi connectivity index (χ4n) is 3.23. The van der Waals surface area contributed by atoms with E-state index < -0.39 is 12.7 Å². The van der Waals surface area contributed by atoms with Crippen LogP contribution < -0.4 is 9.47 Å². The van der Waals surface area contributed by atoms with Gasteiger partial charge in [-0.1, -0.05) is 73.1 Å². The summed E-state index contributed by atoms with van der Waals surface area (Å²) in [5.74, 6) is 1.55. The summed E-state index contributed by atoms with van der Waals surface area (Å²) in [6.07, 6.45) is -0.465. The Balaban J connectivity index is 1.80. The Labute approximate surface area is 190 Å². The highest BCUT2D eigenvalue weighted by molar-refractivity contribution is 9.10. The number of hydrogen-bond donors (Lipinski definition) is 0. The molecule has 0 saturated heterocycles. The van der Waals surface area contributed by atoms with Crippen molar-refractivity contribution in [3.8, 4) is 17.2 Å². The standard InChI is InChI=1S/C25H25BrF2O3/c1-25(2,3)23(21-13-12-18(26)15-22(21)31-24(27)28)29-16-17-8-7-11-20(14-17)30-19-9-5-4-6-10-19/h4-15,23-24H,16H2,1-3H3.